The summed E-state index contributed by atoms with van der Waals surface area (Å²) in [6.07, 6.45) is 3.27. The fourth-order valence-electron chi connectivity index (χ4n) is 3.34. The van der Waals surface area contributed by atoms with Gasteiger partial charge < -0.3 is 10.0 Å². The van der Waals surface area contributed by atoms with E-state index < -0.39 is 11.1 Å². The summed E-state index contributed by atoms with van der Waals surface area (Å²) < 4.78 is 0. The monoisotopic (exact) mass is 470 g/mol. The number of azo groups is 1. The first-order valence-electron chi connectivity index (χ1n) is 9.95. The van der Waals surface area contributed by atoms with Gasteiger partial charge in [-0.15, -0.1) is 5.11 Å². The lowest BCUT2D eigenvalue weighted by Crippen LogP contribution is -2.40. The van der Waals surface area contributed by atoms with Gasteiger partial charge in [-0.05, 0) is 61.0 Å². The first-order valence-corrected chi connectivity index (χ1v) is 11.1. The third-order valence-electron chi connectivity index (χ3n) is 5.05. The van der Waals surface area contributed by atoms with Gasteiger partial charge in [0.15, 0.2) is 0 Å². The summed E-state index contributed by atoms with van der Waals surface area (Å²) in [5, 5.41) is 18.4. The smallest absolute Gasteiger partial charge is 0.294 e. The zero-order valence-corrected chi connectivity index (χ0v) is 18.5. The summed E-state index contributed by atoms with van der Waals surface area (Å²) in [6.45, 7) is 1.02. The number of nitrogens with zero attached hydrogens (tertiary/aromatic N) is 4. The number of amides is 3. The van der Waals surface area contributed by atoms with Crippen LogP contribution in [0.3, 0.4) is 0 Å². The number of thioether (sulfide) groups is 1. The number of likely N-dealkylation sites (tertiary alicyclic amines) is 1. The van der Waals surface area contributed by atoms with E-state index in [9.17, 15) is 19.5 Å². The highest BCUT2D eigenvalue weighted by Crippen LogP contribution is 2.35. The van der Waals surface area contributed by atoms with E-state index in [4.69, 9.17) is 11.6 Å². The lowest BCUT2D eigenvalue weighted by molar-refractivity contribution is -0.135. The highest BCUT2D eigenvalue weighted by Gasteiger charge is 2.37. The number of phenolic OH excluding ortho intramolecular Hbond substituents is 1. The molecule has 2 aliphatic rings. The van der Waals surface area contributed by atoms with Gasteiger partial charge >= 0.3 is 0 Å². The van der Waals surface area contributed by atoms with Crippen molar-refractivity contribution in [3.63, 3.8) is 0 Å². The minimum atomic E-state index is -0.560. The van der Waals surface area contributed by atoms with Crippen molar-refractivity contribution in [3.8, 4) is 5.75 Å². The highest BCUT2D eigenvalue weighted by molar-refractivity contribution is 8.18. The summed E-state index contributed by atoms with van der Waals surface area (Å²) in [5.74, 6) is -0.882. The molecule has 10 heteroatoms. The first-order chi connectivity index (χ1) is 15.4. The van der Waals surface area contributed by atoms with Crippen molar-refractivity contribution < 1.29 is 19.5 Å². The van der Waals surface area contributed by atoms with Crippen LogP contribution in [-0.2, 0) is 9.59 Å². The van der Waals surface area contributed by atoms with E-state index in [1.807, 2.05) is 0 Å². The number of phenols is 1. The maximum Gasteiger partial charge on any atom is 0.294 e. The number of hydrogen-bond acceptors (Lipinski definition) is 7. The molecule has 0 aromatic heterocycles. The minimum Gasteiger partial charge on any atom is -0.507 e. The quantitative estimate of drug-likeness (QED) is 0.482. The Morgan fingerprint density at radius 1 is 1.12 bits per heavy atom. The summed E-state index contributed by atoms with van der Waals surface area (Å²) >= 11 is 6.81. The molecule has 0 radical (unpaired) electrons. The van der Waals surface area contributed by atoms with E-state index in [2.05, 4.69) is 10.2 Å². The first kappa shape index (κ1) is 22.0. The molecule has 1 N–H and O–H groups in total. The molecule has 2 heterocycles. The zero-order valence-electron chi connectivity index (χ0n) is 16.9. The van der Waals surface area contributed by atoms with E-state index in [-0.39, 0.29) is 23.1 Å². The number of hydrogen-bond donors (Lipinski definition) is 1. The minimum absolute atomic E-state index is 0.0818. The number of aromatic hydroxyl groups is 1. The Kier molecular flexibility index (Phi) is 6.57. The zero-order chi connectivity index (χ0) is 22.7. The van der Waals surface area contributed by atoms with Crippen LogP contribution in [-0.4, -0.2) is 51.6 Å². The van der Waals surface area contributed by atoms with E-state index in [1.165, 1.54) is 12.1 Å². The second-order valence-electron chi connectivity index (χ2n) is 7.25. The highest BCUT2D eigenvalue weighted by atomic mass is 35.5. The second kappa shape index (κ2) is 9.54. The summed E-state index contributed by atoms with van der Waals surface area (Å²) in [4.78, 5) is 40.1. The normalized spacial score (nSPS) is 17.8. The van der Waals surface area contributed by atoms with E-state index in [1.54, 1.807) is 41.3 Å². The van der Waals surface area contributed by atoms with Crippen LogP contribution in [0.2, 0.25) is 5.02 Å². The molecule has 32 heavy (non-hydrogen) atoms. The molecule has 2 aromatic carbocycles. The predicted octanol–water partition coefficient (Wildman–Crippen LogP) is 5.12. The van der Waals surface area contributed by atoms with E-state index in [0.29, 0.717) is 35.1 Å². The average molecular weight is 471 g/mol. The van der Waals surface area contributed by atoms with Crippen molar-refractivity contribution >= 4 is 57.9 Å². The Morgan fingerprint density at radius 2 is 1.88 bits per heavy atom. The number of imide groups is 1. The van der Waals surface area contributed by atoms with Gasteiger partial charge in [0, 0.05) is 18.7 Å². The third-order valence-corrected chi connectivity index (χ3v) is 6.28. The van der Waals surface area contributed by atoms with Crippen molar-refractivity contribution in [3.05, 3.63) is 58.0 Å². The molecule has 0 spiro atoms. The topological polar surface area (TPSA) is 103 Å². The van der Waals surface area contributed by atoms with Crippen molar-refractivity contribution in [2.45, 2.75) is 12.8 Å². The SMILES string of the molecule is O=C(CN1C(=O)S/C(=C\c2cc(N=Nc3ccccc3Cl)ccc2O)C1=O)N1CCCC1. The molecular formula is C22H19ClN4O4S. The lowest BCUT2D eigenvalue weighted by atomic mass is 10.1. The lowest BCUT2D eigenvalue weighted by Gasteiger charge is -2.18. The fraction of sp³-hybridized carbons (Fsp3) is 0.227. The van der Waals surface area contributed by atoms with Crippen molar-refractivity contribution in [2.24, 2.45) is 10.2 Å². The van der Waals surface area contributed by atoms with Gasteiger partial charge in [-0.1, -0.05) is 23.7 Å². The Balaban J connectivity index is 1.52. The number of halogens is 1. The summed E-state index contributed by atoms with van der Waals surface area (Å²) in [6, 6.07) is 11.5. The van der Waals surface area contributed by atoms with Gasteiger partial charge in [0.1, 0.15) is 18.0 Å². The van der Waals surface area contributed by atoms with Gasteiger partial charge in [-0.2, -0.15) is 5.11 Å². The molecular weight excluding hydrogens is 452 g/mol. The molecule has 0 bridgehead atoms. The summed E-state index contributed by atoms with van der Waals surface area (Å²) in [7, 11) is 0. The molecule has 2 fully saturated rings. The maximum atomic E-state index is 12.7. The average Bonchev–Trinajstić information content (AvgIpc) is 3.40. The molecule has 0 unspecified atom stereocenters. The standard InChI is InChI=1S/C22H19ClN4O4S/c23-16-5-1-2-6-17(16)25-24-15-7-8-18(28)14(11-15)12-19-21(30)27(22(31)32-19)13-20(29)26-9-3-4-10-26/h1-2,5-8,11-12,28H,3-4,9-10,13H2/b19-12-,25-24?. The van der Waals surface area contributed by atoms with Gasteiger partial charge in [0.05, 0.1) is 15.6 Å². The summed E-state index contributed by atoms with van der Waals surface area (Å²) in [5.41, 5.74) is 1.22. The second-order valence-corrected chi connectivity index (χ2v) is 8.65. The largest absolute Gasteiger partial charge is 0.507 e. The third kappa shape index (κ3) is 4.84. The molecule has 0 saturated carbocycles. The van der Waals surface area contributed by atoms with Gasteiger partial charge in [-0.25, -0.2) is 0 Å². The van der Waals surface area contributed by atoms with Crippen LogP contribution in [0.5, 0.6) is 5.75 Å². The number of benzene rings is 2. The Hall–Kier alpha value is -3.17. The van der Waals surface area contributed by atoms with Crippen LogP contribution >= 0.6 is 23.4 Å². The number of carbonyl (C=O) groups excluding carboxylic acids is 3. The van der Waals surface area contributed by atoms with Crippen LogP contribution in [0, 0.1) is 0 Å². The fourth-order valence-corrected chi connectivity index (χ4v) is 4.35. The molecule has 0 aliphatic carbocycles. The van der Waals surface area contributed by atoms with Crippen LogP contribution in [0.15, 0.2) is 57.6 Å². The number of carbonyl (C=O) groups is 3. The molecule has 2 aromatic rings. The maximum absolute atomic E-state index is 12.7. The predicted molar refractivity (Wildman–Crippen MR) is 122 cm³/mol. The van der Waals surface area contributed by atoms with E-state index in [0.717, 1.165) is 29.5 Å². The van der Waals surface area contributed by atoms with Crippen LogP contribution in [0.25, 0.3) is 6.08 Å². The van der Waals surface area contributed by atoms with Crippen LogP contribution in [0.1, 0.15) is 18.4 Å². The molecule has 2 aliphatic heterocycles. The molecule has 164 valence electrons. The molecule has 4 rings (SSSR count). The molecule has 0 atom stereocenters. The van der Waals surface area contributed by atoms with Crippen LogP contribution in [0.4, 0.5) is 16.2 Å². The molecule has 8 nitrogen and oxygen atoms in total. The van der Waals surface area contributed by atoms with Gasteiger partial charge in [0.2, 0.25) is 5.91 Å². The Bertz CT molecular complexity index is 1140. The Morgan fingerprint density at radius 3 is 2.62 bits per heavy atom. The van der Waals surface area contributed by atoms with E-state index >= 15 is 0 Å². The van der Waals surface area contributed by atoms with Crippen molar-refractivity contribution in [1.29, 1.82) is 0 Å². The van der Waals surface area contributed by atoms with Crippen molar-refractivity contribution in [1.82, 2.24) is 9.80 Å². The van der Waals surface area contributed by atoms with Crippen LogP contribution < -0.4 is 0 Å². The van der Waals surface area contributed by atoms with Crippen molar-refractivity contribution in [2.75, 3.05) is 19.6 Å². The number of rotatable bonds is 5. The van der Waals surface area contributed by atoms with Gasteiger partial charge in [0.25, 0.3) is 11.1 Å². The molecule has 3 amide bonds. The van der Waals surface area contributed by atoms with Gasteiger partial charge in [-0.3, -0.25) is 19.3 Å². The Labute approximate surface area is 193 Å². The molecule has 2 saturated heterocycles.